The van der Waals surface area contributed by atoms with E-state index in [4.69, 9.17) is 0 Å². The summed E-state index contributed by atoms with van der Waals surface area (Å²) in [7, 11) is 0. The van der Waals surface area contributed by atoms with Crippen molar-refractivity contribution in [3.8, 4) is 0 Å². The molecule has 2 rings (SSSR count). The molecule has 2 aromatic heterocycles. The summed E-state index contributed by atoms with van der Waals surface area (Å²) in [5.74, 6) is -0.0288. The number of thiazole rings is 1. The lowest BCUT2D eigenvalue weighted by atomic mass is 10.3. The van der Waals surface area contributed by atoms with Gasteiger partial charge < -0.3 is 5.32 Å². The molecule has 2 aromatic rings. The maximum Gasteiger partial charge on any atom is 0.217 e. The number of hydrogen-bond donors (Lipinski definition) is 1. The predicted octanol–water partition coefficient (Wildman–Crippen LogP) is 1.73. The van der Waals surface area contributed by atoms with Crippen LogP contribution in [0.25, 0.3) is 0 Å². The molecule has 0 amide bonds. The third kappa shape index (κ3) is 2.95. The van der Waals surface area contributed by atoms with Gasteiger partial charge in [0.25, 0.3) is 0 Å². The molecular formula is C9H9FN4S. The molecule has 0 aliphatic rings. The van der Waals surface area contributed by atoms with Crippen LogP contribution in [0.2, 0.25) is 0 Å². The van der Waals surface area contributed by atoms with Gasteiger partial charge in [-0.15, -0.1) is 11.3 Å². The van der Waals surface area contributed by atoms with E-state index in [1.165, 1.54) is 12.4 Å². The van der Waals surface area contributed by atoms with E-state index in [2.05, 4.69) is 20.3 Å². The number of nitrogens with one attached hydrogen (secondary N) is 1. The Hall–Kier alpha value is -1.56. The van der Waals surface area contributed by atoms with E-state index in [-0.39, 0.29) is 0 Å². The van der Waals surface area contributed by atoms with E-state index in [0.717, 1.165) is 12.1 Å². The van der Waals surface area contributed by atoms with Crippen LogP contribution < -0.4 is 5.32 Å². The van der Waals surface area contributed by atoms with Gasteiger partial charge in [-0.1, -0.05) is 0 Å². The highest BCUT2D eigenvalue weighted by Crippen LogP contribution is 2.04. The molecule has 1 N–H and O–H groups in total. The molecule has 0 unspecified atom stereocenters. The fraction of sp³-hybridized carbons (Fsp3) is 0.222. The first-order valence-electron chi connectivity index (χ1n) is 4.43. The second-order valence-corrected chi connectivity index (χ2v) is 3.60. The number of aromatic nitrogens is 3. The summed E-state index contributed by atoms with van der Waals surface area (Å²) >= 11 is 1.56. The Labute approximate surface area is 90.2 Å². The number of rotatable bonds is 4. The Morgan fingerprint density at radius 2 is 2.27 bits per heavy atom. The SMILES string of the molecule is Fc1cc(NCCc2cscn2)ncn1. The van der Waals surface area contributed by atoms with Crippen LogP contribution in [-0.2, 0) is 6.42 Å². The maximum absolute atomic E-state index is 12.7. The summed E-state index contributed by atoms with van der Waals surface area (Å²) < 4.78 is 12.7. The molecule has 0 aromatic carbocycles. The Morgan fingerprint density at radius 1 is 1.33 bits per heavy atom. The van der Waals surface area contributed by atoms with Gasteiger partial charge in [-0.3, -0.25) is 0 Å². The molecular weight excluding hydrogens is 215 g/mol. The van der Waals surface area contributed by atoms with Crippen molar-refractivity contribution in [3.05, 3.63) is 34.9 Å². The molecule has 4 nitrogen and oxygen atoms in total. The Bertz CT molecular complexity index is 418. The Morgan fingerprint density at radius 3 is 3.00 bits per heavy atom. The largest absolute Gasteiger partial charge is 0.369 e. The topological polar surface area (TPSA) is 50.7 Å². The second kappa shape index (κ2) is 4.79. The predicted molar refractivity (Wildman–Crippen MR) is 56.3 cm³/mol. The molecule has 0 saturated carbocycles. The summed E-state index contributed by atoms with van der Waals surface area (Å²) in [5, 5.41) is 4.99. The normalized spacial score (nSPS) is 10.2. The van der Waals surface area contributed by atoms with Gasteiger partial charge >= 0.3 is 0 Å². The average Bonchev–Trinajstić information content (AvgIpc) is 2.71. The van der Waals surface area contributed by atoms with Crippen LogP contribution in [0.5, 0.6) is 0 Å². The van der Waals surface area contributed by atoms with Gasteiger partial charge in [0, 0.05) is 24.4 Å². The van der Waals surface area contributed by atoms with Crippen LogP contribution in [-0.4, -0.2) is 21.5 Å². The number of anilines is 1. The number of halogens is 1. The van der Waals surface area contributed by atoms with Crippen LogP contribution in [0.1, 0.15) is 5.69 Å². The highest BCUT2D eigenvalue weighted by molar-refractivity contribution is 7.07. The minimum atomic E-state index is -0.527. The van der Waals surface area contributed by atoms with E-state index >= 15 is 0 Å². The molecule has 0 spiro atoms. The highest BCUT2D eigenvalue weighted by atomic mass is 32.1. The summed E-state index contributed by atoms with van der Waals surface area (Å²) in [5.41, 5.74) is 2.82. The minimum Gasteiger partial charge on any atom is -0.369 e. The Kier molecular flexibility index (Phi) is 3.18. The molecule has 78 valence electrons. The fourth-order valence-electron chi connectivity index (χ4n) is 1.11. The molecule has 0 fully saturated rings. The molecule has 15 heavy (non-hydrogen) atoms. The van der Waals surface area contributed by atoms with Crippen molar-refractivity contribution < 1.29 is 4.39 Å². The van der Waals surface area contributed by atoms with Gasteiger partial charge in [-0.05, 0) is 0 Å². The van der Waals surface area contributed by atoms with Crippen LogP contribution in [0.15, 0.2) is 23.3 Å². The first-order chi connectivity index (χ1) is 7.34. The van der Waals surface area contributed by atoms with Gasteiger partial charge in [-0.25, -0.2) is 15.0 Å². The van der Waals surface area contributed by atoms with Crippen molar-refractivity contribution in [2.24, 2.45) is 0 Å². The Balaban J connectivity index is 1.83. The molecule has 0 radical (unpaired) electrons. The van der Waals surface area contributed by atoms with Crippen molar-refractivity contribution in [3.63, 3.8) is 0 Å². The van der Waals surface area contributed by atoms with Gasteiger partial charge in [0.1, 0.15) is 12.1 Å². The molecule has 6 heteroatoms. The fourth-order valence-corrected chi connectivity index (χ4v) is 1.70. The van der Waals surface area contributed by atoms with E-state index in [0.29, 0.717) is 12.4 Å². The lowest BCUT2D eigenvalue weighted by Crippen LogP contribution is -2.06. The van der Waals surface area contributed by atoms with Crippen molar-refractivity contribution in [1.29, 1.82) is 0 Å². The van der Waals surface area contributed by atoms with Crippen LogP contribution in [0, 0.1) is 5.95 Å². The van der Waals surface area contributed by atoms with Crippen molar-refractivity contribution >= 4 is 17.2 Å². The highest BCUT2D eigenvalue weighted by Gasteiger charge is 1.98. The molecule has 2 heterocycles. The van der Waals surface area contributed by atoms with E-state index < -0.39 is 5.95 Å². The number of hydrogen-bond acceptors (Lipinski definition) is 5. The zero-order chi connectivity index (χ0) is 10.5. The number of nitrogens with zero attached hydrogens (tertiary/aromatic N) is 3. The van der Waals surface area contributed by atoms with Crippen LogP contribution in [0.4, 0.5) is 10.2 Å². The van der Waals surface area contributed by atoms with Crippen molar-refractivity contribution in [2.45, 2.75) is 6.42 Å². The van der Waals surface area contributed by atoms with E-state index in [1.54, 1.807) is 16.8 Å². The molecule has 0 bridgehead atoms. The van der Waals surface area contributed by atoms with Gasteiger partial charge in [0.15, 0.2) is 0 Å². The van der Waals surface area contributed by atoms with Crippen LogP contribution >= 0.6 is 11.3 Å². The van der Waals surface area contributed by atoms with E-state index in [9.17, 15) is 4.39 Å². The lowest BCUT2D eigenvalue weighted by molar-refractivity contribution is 0.580. The third-order valence-corrected chi connectivity index (χ3v) is 2.44. The first-order valence-corrected chi connectivity index (χ1v) is 5.37. The second-order valence-electron chi connectivity index (χ2n) is 2.88. The molecule has 0 saturated heterocycles. The monoisotopic (exact) mass is 224 g/mol. The summed E-state index contributed by atoms with van der Waals surface area (Å²) in [6.07, 6.45) is 2.00. The summed E-state index contributed by atoms with van der Waals surface area (Å²) in [6.45, 7) is 0.681. The van der Waals surface area contributed by atoms with E-state index in [1.807, 2.05) is 5.38 Å². The lowest BCUT2D eigenvalue weighted by Gasteiger charge is -2.02. The first kappa shape index (κ1) is 9.97. The van der Waals surface area contributed by atoms with Crippen molar-refractivity contribution in [2.75, 3.05) is 11.9 Å². The smallest absolute Gasteiger partial charge is 0.217 e. The average molecular weight is 224 g/mol. The van der Waals surface area contributed by atoms with Crippen molar-refractivity contribution in [1.82, 2.24) is 15.0 Å². The minimum absolute atomic E-state index is 0.498. The van der Waals surface area contributed by atoms with Gasteiger partial charge in [0.2, 0.25) is 5.95 Å². The summed E-state index contributed by atoms with van der Waals surface area (Å²) in [4.78, 5) is 11.4. The third-order valence-electron chi connectivity index (χ3n) is 1.80. The van der Waals surface area contributed by atoms with Gasteiger partial charge in [0.05, 0.1) is 11.2 Å². The molecule has 0 atom stereocenters. The molecule has 0 aliphatic heterocycles. The standard InChI is InChI=1S/C9H9FN4S/c10-8-3-9(13-5-12-8)11-2-1-7-4-15-6-14-7/h3-6H,1-2H2,(H,11,12,13). The quantitative estimate of drug-likeness (QED) is 0.803. The summed E-state index contributed by atoms with van der Waals surface area (Å²) in [6, 6.07) is 1.26. The zero-order valence-corrected chi connectivity index (χ0v) is 8.67. The molecule has 0 aliphatic carbocycles. The van der Waals surface area contributed by atoms with Crippen LogP contribution in [0.3, 0.4) is 0 Å². The maximum atomic E-state index is 12.7. The van der Waals surface area contributed by atoms with Gasteiger partial charge in [-0.2, -0.15) is 4.39 Å². The zero-order valence-electron chi connectivity index (χ0n) is 7.85.